The lowest BCUT2D eigenvalue weighted by Crippen LogP contribution is -2.44. The van der Waals surface area contributed by atoms with Gasteiger partial charge in [0.05, 0.1) is 0 Å². The number of amides is 2. The molecule has 0 heterocycles. The van der Waals surface area contributed by atoms with E-state index in [0.29, 0.717) is 0 Å². The van der Waals surface area contributed by atoms with Crippen LogP contribution in [0.3, 0.4) is 0 Å². The van der Waals surface area contributed by atoms with Gasteiger partial charge in [-0.3, -0.25) is 9.59 Å². The minimum atomic E-state index is -4.99. The van der Waals surface area contributed by atoms with Gasteiger partial charge in [-0.25, -0.2) is 0 Å². The molecule has 0 bridgehead atoms. The lowest BCUT2D eigenvalue weighted by molar-refractivity contribution is -0.184. The lowest BCUT2D eigenvalue weighted by Gasteiger charge is -2.12. The molecule has 0 radical (unpaired) electrons. The van der Waals surface area contributed by atoms with Crippen molar-refractivity contribution in [1.82, 2.24) is 0 Å². The molecule has 0 aliphatic carbocycles. The minimum absolute atomic E-state index is 1.79. The summed E-state index contributed by atoms with van der Waals surface area (Å²) in [4.78, 5) is 20.0. The summed E-state index contributed by atoms with van der Waals surface area (Å²) in [6.07, 6.45) is -4.99. The fourth-order valence-corrected chi connectivity index (χ4v) is 0.463. The molecule has 4 nitrogen and oxygen atoms in total. The summed E-state index contributed by atoms with van der Waals surface area (Å²) in [5.74, 6) is -6.46. The molecule has 7 heteroatoms. The second-order valence-corrected chi connectivity index (χ2v) is 1.78. The van der Waals surface area contributed by atoms with Crippen molar-refractivity contribution in [3.63, 3.8) is 0 Å². The molecule has 11 heavy (non-hydrogen) atoms. The fraction of sp³-hybridized carbons (Fsp3) is 0.500. The number of hydrogen-bond donors (Lipinski definition) is 2. The van der Waals surface area contributed by atoms with Crippen molar-refractivity contribution in [2.45, 2.75) is 6.18 Å². The zero-order valence-electron chi connectivity index (χ0n) is 5.18. The van der Waals surface area contributed by atoms with E-state index in [1.807, 2.05) is 0 Å². The van der Waals surface area contributed by atoms with Crippen molar-refractivity contribution in [3.8, 4) is 0 Å². The molecule has 0 rings (SSSR count). The second kappa shape index (κ2) is 2.77. The molecule has 0 aliphatic heterocycles. The van der Waals surface area contributed by atoms with Crippen LogP contribution in [0.25, 0.3) is 0 Å². The molecule has 0 spiro atoms. The third-order valence-corrected chi connectivity index (χ3v) is 0.896. The number of halogens is 3. The Morgan fingerprint density at radius 3 is 1.36 bits per heavy atom. The number of alkyl halides is 3. The van der Waals surface area contributed by atoms with E-state index in [2.05, 4.69) is 11.5 Å². The summed E-state index contributed by atoms with van der Waals surface area (Å²) in [5.41, 5.74) is 8.53. The molecule has 0 saturated carbocycles. The number of primary amides is 2. The highest BCUT2D eigenvalue weighted by Gasteiger charge is 2.47. The van der Waals surface area contributed by atoms with Crippen molar-refractivity contribution >= 4 is 11.8 Å². The van der Waals surface area contributed by atoms with Gasteiger partial charge in [-0.2, -0.15) is 13.2 Å². The van der Waals surface area contributed by atoms with Crippen LogP contribution in [0.15, 0.2) is 0 Å². The highest BCUT2D eigenvalue weighted by atomic mass is 19.4. The van der Waals surface area contributed by atoms with Crippen LogP contribution in [0.2, 0.25) is 0 Å². The first-order chi connectivity index (χ1) is 4.76. The summed E-state index contributed by atoms with van der Waals surface area (Å²) in [7, 11) is 0. The zero-order valence-corrected chi connectivity index (χ0v) is 5.18. The summed E-state index contributed by atoms with van der Waals surface area (Å²) in [5, 5.41) is 0. The van der Waals surface area contributed by atoms with Gasteiger partial charge in [0.15, 0.2) is 0 Å². The Morgan fingerprint density at radius 2 is 1.36 bits per heavy atom. The molecular weight excluding hydrogens is 165 g/mol. The van der Waals surface area contributed by atoms with Crippen LogP contribution in [-0.4, -0.2) is 18.0 Å². The van der Waals surface area contributed by atoms with Crippen LogP contribution in [0.4, 0.5) is 13.2 Å². The van der Waals surface area contributed by atoms with E-state index in [1.54, 1.807) is 0 Å². The molecule has 2 amide bonds. The van der Waals surface area contributed by atoms with E-state index >= 15 is 0 Å². The standard InChI is InChI=1S/C4H5F3N2O2/c5-4(6,7)1(2(8)10)3(9)11/h1H,(H2,8,10)(H2,9,11). The number of carbonyl (C=O) groups excluding carboxylic acids is 2. The first-order valence-corrected chi connectivity index (χ1v) is 2.42. The third kappa shape index (κ3) is 2.44. The molecule has 0 saturated heterocycles. The Hall–Kier alpha value is -1.27. The van der Waals surface area contributed by atoms with Gasteiger partial charge in [-0.05, 0) is 0 Å². The Morgan fingerprint density at radius 1 is 1.09 bits per heavy atom. The van der Waals surface area contributed by atoms with Crippen molar-refractivity contribution in [1.29, 1.82) is 0 Å². The topological polar surface area (TPSA) is 86.2 Å². The molecule has 4 N–H and O–H groups in total. The van der Waals surface area contributed by atoms with Gasteiger partial charge < -0.3 is 11.5 Å². The summed E-state index contributed by atoms with van der Waals surface area (Å²) in [6.45, 7) is 0. The summed E-state index contributed by atoms with van der Waals surface area (Å²) < 4.78 is 34.9. The Labute approximate surface area is 59.3 Å². The molecule has 0 aromatic carbocycles. The SMILES string of the molecule is NC(=O)C(C(N)=O)C(F)(F)F. The number of nitrogens with two attached hydrogens (primary N) is 2. The first kappa shape index (κ1) is 9.73. The molecule has 0 aromatic rings. The monoisotopic (exact) mass is 170 g/mol. The van der Waals surface area contributed by atoms with Crippen LogP contribution >= 0.6 is 0 Å². The Balaban J connectivity index is 4.63. The Kier molecular flexibility index (Phi) is 2.45. The van der Waals surface area contributed by atoms with Gasteiger partial charge in [0, 0.05) is 0 Å². The van der Waals surface area contributed by atoms with E-state index in [4.69, 9.17) is 0 Å². The molecule has 0 unspecified atom stereocenters. The number of rotatable bonds is 2. The van der Waals surface area contributed by atoms with Crippen LogP contribution in [0, 0.1) is 5.92 Å². The Bertz CT molecular complexity index is 174. The van der Waals surface area contributed by atoms with Gasteiger partial charge >= 0.3 is 6.18 Å². The number of hydrogen-bond acceptors (Lipinski definition) is 2. The largest absolute Gasteiger partial charge is 0.409 e. The predicted octanol–water partition coefficient (Wildman–Crippen LogP) is -0.865. The second-order valence-electron chi connectivity index (χ2n) is 1.78. The molecule has 0 atom stereocenters. The van der Waals surface area contributed by atoms with Crippen LogP contribution in [-0.2, 0) is 9.59 Å². The molecule has 0 aliphatic rings. The number of carbonyl (C=O) groups is 2. The van der Waals surface area contributed by atoms with E-state index in [9.17, 15) is 22.8 Å². The van der Waals surface area contributed by atoms with Crippen LogP contribution in [0.1, 0.15) is 0 Å². The molecule has 0 aromatic heterocycles. The molecular formula is C4H5F3N2O2. The van der Waals surface area contributed by atoms with Gasteiger partial charge in [0.2, 0.25) is 17.7 Å². The normalized spacial score (nSPS) is 11.6. The van der Waals surface area contributed by atoms with E-state index < -0.39 is 23.9 Å². The maximum atomic E-state index is 11.6. The lowest BCUT2D eigenvalue weighted by atomic mass is 10.1. The average Bonchev–Trinajstić information content (AvgIpc) is 1.54. The van der Waals surface area contributed by atoms with Crippen LogP contribution < -0.4 is 11.5 Å². The van der Waals surface area contributed by atoms with Crippen molar-refractivity contribution in [3.05, 3.63) is 0 Å². The van der Waals surface area contributed by atoms with E-state index in [-0.39, 0.29) is 0 Å². The average molecular weight is 170 g/mol. The first-order valence-electron chi connectivity index (χ1n) is 2.42. The van der Waals surface area contributed by atoms with E-state index in [0.717, 1.165) is 0 Å². The van der Waals surface area contributed by atoms with Gasteiger partial charge in [-0.1, -0.05) is 0 Å². The van der Waals surface area contributed by atoms with Gasteiger partial charge in [0.25, 0.3) is 0 Å². The predicted molar refractivity (Wildman–Crippen MR) is 27.9 cm³/mol. The smallest absolute Gasteiger partial charge is 0.369 e. The van der Waals surface area contributed by atoms with E-state index in [1.165, 1.54) is 0 Å². The van der Waals surface area contributed by atoms with Gasteiger partial charge in [-0.15, -0.1) is 0 Å². The summed E-state index contributed by atoms with van der Waals surface area (Å²) in [6, 6.07) is 0. The maximum absolute atomic E-state index is 11.6. The van der Waals surface area contributed by atoms with Crippen LogP contribution in [0.5, 0.6) is 0 Å². The summed E-state index contributed by atoms with van der Waals surface area (Å²) >= 11 is 0. The minimum Gasteiger partial charge on any atom is -0.369 e. The highest BCUT2D eigenvalue weighted by Crippen LogP contribution is 2.25. The third-order valence-electron chi connectivity index (χ3n) is 0.896. The maximum Gasteiger partial charge on any atom is 0.409 e. The molecule has 0 fully saturated rings. The highest BCUT2D eigenvalue weighted by molar-refractivity contribution is 5.99. The zero-order chi connectivity index (χ0) is 9.23. The fourth-order valence-electron chi connectivity index (χ4n) is 0.463. The van der Waals surface area contributed by atoms with Crippen molar-refractivity contribution in [2.75, 3.05) is 0 Å². The van der Waals surface area contributed by atoms with Gasteiger partial charge in [0.1, 0.15) is 0 Å². The quantitative estimate of drug-likeness (QED) is 0.528. The molecule has 64 valence electrons. The van der Waals surface area contributed by atoms with Crippen molar-refractivity contribution in [2.24, 2.45) is 17.4 Å². The van der Waals surface area contributed by atoms with Crippen molar-refractivity contribution < 1.29 is 22.8 Å².